The first-order valence-electron chi connectivity index (χ1n) is 11.7. The molecule has 4 nitrogen and oxygen atoms in total. The standard InChI is InChI=1S/C24H36O4/c1-23-12-10-17(25)15-16(23)6-7-18-19-8-9-21(24(19,2)13-11-20(18)23)27-28-22-5-3-4-14-26-22/h10,12,16,18-22H,3-9,11,13-15H2,1-2H3/t16-,18-,19-,20-,21-,22?,23-,24-/m0/s1. The predicted octanol–water partition coefficient (Wildman–Crippen LogP) is 5.22. The Morgan fingerprint density at radius 3 is 2.71 bits per heavy atom. The fourth-order valence-electron chi connectivity index (χ4n) is 7.66. The zero-order valence-corrected chi connectivity index (χ0v) is 17.5. The maximum atomic E-state index is 12.0. The fourth-order valence-corrected chi connectivity index (χ4v) is 7.66. The summed E-state index contributed by atoms with van der Waals surface area (Å²) < 4.78 is 5.69. The van der Waals surface area contributed by atoms with Gasteiger partial charge in [-0.3, -0.25) is 4.79 Å². The van der Waals surface area contributed by atoms with E-state index in [1.165, 1.54) is 32.1 Å². The molecule has 0 amide bonds. The Morgan fingerprint density at radius 1 is 1.00 bits per heavy atom. The summed E-state index contributed by atoms with van der Waals surface area (Å²) in [6.07, 6.45) is 15.5. The minimum absolute atomic E-state index is 0.174. The van der Waals surface area contributed by atoms with Crippen LogP contribution in [0.4, 0.5) is 0 Å². The van der Waals surface area contributed by atoms with Gasteiger partial charge in [-0.15, -0.1) is 0 Å². The van der Waals surface area contributed by atoms with Gasteiger partial charge >= 0.3 is 0 Å². The highest BCUT2D eigenvalue weighted by atomic mass is 17.2. The average molecular weight is 389 g/mol. The normalized spacial score (nSPS) is 50.7. The molecule has 3 saturated carbocycles. The van der Waals surface area contributed by atoms with Gasteiger partial charge in [-0.2, -0.15) is 0 Å². The lowest BCUT2D eigenvalue weighted by molar-refractivity contribution is -0.415. The molecule has 1 saturated heterocycles. The summed E-state index contributed by atoms with van der Waals surface area (Å²) in [5.74, 6) is 3.08. The molecule has 0 bridgehead atoms. The summed E-state index contributed by atoms with van der Waals surface area (Å²) in [4.78, 5) is 23.8. The minimum atomic E-state index is -0.174. The molecule has 4 heteroatoms. The molecule has 28 heavy (non-hydrogen) atoms. The first-order valence-corrected chi connectivity index (χ1v) is 11.7. The quantitative estimate of drug-likeness (QED) is 0.491. The minimum Gasteiger partial charge on any atom is -0.350 e. The van der Waals surface area contributed by atoms with Gasteiger partial charge in [-0.05, 0) is 86.5 Å². The number of hydrogen-bond acceptors (Lipinski definition) is 4. The second-order valence-corrected chi connectivity index (χ2v) is 10.6. The molecule has 1 unspecified atom stereocenters. The Balaban J connectivity index is 1.30. The maximum absolute atomic E-state index is 12.0. The Hall–Kier alpha value is -0.710. The molecule has 4 aliphatic carbocycles. The monoisotopic (exact) mass is 388 g/mol. The molecule has 8 atom stereocenters. The molecular weight excluding hydrogens is 352 g/mol. The number of carbonyl (C=O) groups is 1. The smallest absolute Gasteiger partial charge is 0.191 e. The third-order valence-corrected chi connectivity index (χ3v) is 9.37. The first kappa shape index (κ1) is 19.3. The van der Waals surface area contributed by atoms with Crippen LogP contribution in [0, 0.1) is 34.5 Å². The number of hydrogen-bond donors (Lipinski definition) is 0. The molecule has 0 radical (unpaired) electrons. The first-order chi connectivity index (χ1) is 13.5. The fraction of sp³-hybridized carbons (Fsp3) is 0.875. The van der Waals surface area contributed by atoms with Crippen molar-refractivity contribution in [2.45, 2.75) is 90.4 Å². The third kappa shape index (κ3) is 3.02. The van der Waals surface area contributed by atoms with Crippen LogP contribution < -0.4 is 0 Å². The molecule has 5 rings (SSSR count). The number of fused-ring (bicyclic) bond motifs is 5. The van der Waals surface area contributed by atoms with Gasteiger partial charge in [0.05, 0.1) is 6.10 Å². The third-order valence-electron chi connectivity index (χ3n) is 9.37. The molecular formula is C24H36O4. The summed E-state index contributed by atoms with van der Waals surface area (Å²) in [5, 5.41) is 0. The molecule has 4 fully saturated rings. The van der Waals surface area contributed by atoms with Crippen LogP contribution in [0.15, 0.2) is 12.2 Å². The van der Waals surface area contributed by atoms with E-state index in [0.717, 1.165) is 56.5 Å². The highest BCUT2D eigenvalue weighted by Gasteiger charge is 2.60. The van der Waals surface area contributed by atoms with E-state index >= 15 is 0 Å². The number of rotatable bonds is 3. The molecule has 1 heterocycles. The molecule has 0 aromatic rings. The van der Waals surface area contributed by atoms with E-state index in [1.54, 1.807) is 0 Å². The van der Waals surface area contributed by atoms with Crippen LogP contribution in [0.5, 0.6) is 0 Å². The van der Waals surface area contributed by atoms with Gasteiger partial charge in [-0.25, -0.2) is 9.78 Å². The lowest BCUT2D eigenvalue weighted by Crippen LogP contribution is -2.53. The molecule has 5 aliphatic rings. The predicted molar refractivity (Wildman–Crippen MR) is 106 cm³/mol. The Kier molecular flexibility index (Phi) is 4.96. The summed E-state index contributed by atoms with van der Waals surface area (Å²) in [7, 11) is 0. The van der Waals surface area contributed by atoms with E-state index in [1.807, 2.05) is 6.08 Å². The number of ketones is 1. The number of carbonyl (C=O) groups excluding carboxylic acids is 1. The lowest BCUT2D eigenvalue weighted by atomic mass is 9.46. The Bertz CT molecular complexity index is 639. The van der Waals surface area contributed by atoms with Crippen LogP contribution in [0.25, 0.3) is 0 Å². The van der Waals surface area contributed by atoms with Crippen LogP contribution in [-0.4, -0.2) is 24.8 Å². The molecule has 156 valence electrons. The summed E-state index contributed by atoms with van der Waals surface area (Å²) in [6.45, 7) is 5.68. The van der Waals surface area contributed by atoms with Crippen LogP contribution in [0.1, 0.15) is 78.1 Å². The zero-order chi connectivity index (χ0) is 19.4. The van der Waals surface area contributed by atoms with Crippen molar-refractivity contribution in [1.29, 1.82) is 0 Å². The van der Waals surface area contributed by atoms with Crippen LogP contribution in [-0.2, 0) is 19.3 Å². The van der Waals surface area contributed by atoms with Gasteiger partial charge in [0.25, 0.3) is 0 Å². The number of allylic oxidation sites excluding steroid dienone is 2. The van der Waals surface area contributed by atoms with Crippen molar-refractivity contribution in [3.8, 4) is 0 Å². The van der Waals surface area contributed by atoms with E-state index in [0.29, 0.717) is 11.7 Å². The van der Waals surface area contributed by atoms with Gasteiger partial charge in [0.2, 0.25) is 0 Å². The van der Waals surface area contributed by atoms with Crippen LogP contribution >= 0.6 is 0 Å². The molecule has 0 N–H and O–H groups in total. The lowest BCUT2D eigenvalue weighted by Gasteiger charge is -2.58. The van der Waals surface area contributed by atoms with E-state index in [2.05, 4.69) is 19.9 Å². The molecule has 0 aromatic heterocycles. The van der Waals surface area contributed by atoms with E-state index in [9.17, 15) is 4.79 Å². The molecule has 1 aliphatic heterocycles. The van der Waals surface area contributed by atoms with Crippen LogP contribution in [0.2, 0.25) is 0 Å². The topological polar surface area (TPSA) is 44.8 Å². The second-order valence-electron chi connectivity index (χ2n) is 10.6. The molecule has 0 aromatic carbocycles. The maximum Gasteiger partial charge on any atom is 0.191 e. The van der Waals surface area contributed by atoms with Crippen molar-refractivity contribution >= 4 is 5.78 Å². The van der Waals surface area contributed by atoms with Crippen molar-refractivity contribution in [3.05, 3.63) is 12.2 Å². The summed E-state index contributed by atoms with van der Waals surface area (Å²) in [6, 6.07) is 0. The SMILES string of the molecule is C[C@]12C=CC(=O)C[C@@H]1CC[C@@H]1[C@@H]2CC[C@]2(C)[C@@H](OOC3CCCCO3)CC[C@@H]12. The van der Waals surface area contributed by atoms with Crippen molar-refractivity contribution in [2.24, 2.45) is 34.5 Å². The van der Waals surface area contributed by atoms with Gasteiger partial charge in [0, 0.05) is 24.9 Å². The zero-order valence-electron chi connectivity index (χ0n) is 17.5. The van der Waals surface area contributed by atoms with Crippen molar-refractivity contribution < 1.29 is 19.3 Å². The highest BCUT2D eigenvalue weighted by molar-refractivity contribution is 5.91. The van der Waals surface area contributed by atoms with E-state index in [4.69, 9.17) is 14.5 Å². The Morgan fingerprint density at radius 2 is 1.89 bits per heavy atom. The van der Waals surface area contributed by atoms with Gasteiger partial charge in [0.15, 0.2) is 12.1 Å². The van der Waals surface area contributed by atoms with Crippen molar-refractivity contribution in [3.63, 3.8) is 0 Å². The van der Waals surface area contributed by atoms with Gasteiger partial charge in [-0.1, -0.05) is 19.9 Å². The van der Waals surface area contributed by atoms with Crippen molar-refractivity contribution in [2.75, 3.05) is 6.61 Å². The highest BCUT2D eigenvalue weighted by Crippen LogP contribution is 2.65. The number of ether oxygens (including phenoxy) is 1. The van der Waals surface area contributed by atoms with Crippen molar-refractivity contribution in [1.82, 2.24) is 0 Å². The van der Waals surface area contributed by atoms with Crippen LogP contribution in [0.3, 0.4) is 0 Å². The summed E-state index contributed by atoms with van der Waals surface area (Å²) >= 11 is 0. The second kappa shape index (κ2) is 7.21. The average Bonchev–Trinajstić information content (AvgIpc) is 3.04. The van der Waals surface area contributed by atoms with E-state index < -0.39 is 0 Å². The van der Waals surface area contributed by atoms with Gasteiger partial charge in [0.1, 0.15) is 0 Å². The van der Waals surface area contributed by atoms with Gasteiger partial charge < -0.3 is 4.74 Å². The largest absolute Gasteiger partial charge is 0.350 e. The molecule has 0 spiro atoms. The summed E-state index contributed by atoms with van der Waals surface area (Å²) in [5.41, 5.74) is 0.427. The van der Waals surface area contributed by atoms with E-state index in [-0.39, 0.29) is 23.2 Å². The Labute approximate surface area is 169 Å².